The third-order valence-electron chi connectivity index (χ3n) is 1.86. The molecule has 1 unspecified atom stereocenters. The van der Waals surface area contributed by atoms with E-state index in [1.165, 1.54) is 5.57 Å². The van der Waals surface area contributed by atoms with Gasteiger partial charge < -0.3 is 5.11 Å². The van der Waals surface area contributed by atoms with Crippen molar-refractivity contribution in [2.24, 2.45) is 5.92 Å². The van der Waals surface area contributed by atoms with E-state index in [0.717, 1.165) is 6.42 Å². The molecule has 0 saturated heterocycles. The van der Waals surface area contributed by atoms with E-state index >= 15 is 0 Å². The van der Waals surface area contributed by atoms with Gasteiger partial charge in [0.05, 0.1) is 0 Å². The van der Waals surface area contributed by atoms with Crippen molar-refractivity contribution >= 4 is 5.78 Å². The third-order valence-corrected chi connectivity index (χ3v) is 1.86. The SMILES string of the molecule is CC(=O)C(CC=C(C)C)CCO. The summed E-state index contributed by atoms with van der Waals surface area (Å²) in [5.74, 6) is 0.173. The van der Waals surface area contributed by atoms with Crippen LogP contribution in [0.1, 0.15) is 33.6 Å². The van der Waals surface area contributed by atoms with Crippen molar-refractivity contribution in [1.82, 2.24) is 0 Å². The lowest BCUT2D eigenvalue weighted by Crippen LogP contribution is -2.11. The Balaban J connectivity index is 3.96. The number of aliphatic hydroxyl groups is 1. The first-order chi connectivity index (χ1) is 5.57. The second kappa shape index (κ2) is 5.95. The summed E-state index contributed by atoms with van der Waals surface area (Å²) < 4.78 is 0. The van der Waals surface area contributed by atoms with Crippen molar-refractivity contribution in [1.29, 1.82) is 0 Å². The zero-order chi connectivity index (χ0) is 9.56. The van der Waals surface area contributed by atoms with Crippen LogP contribution in [0.4, 0.5) is 0 Å². The van der Waals surface area contributed by atoms with Crippen LogP contribution in [-0.4, -0.2) is 17.5 Å². The van der Waals surface area contributed by atoms with E-state index in [0.29, 0.717) is 6.42 Å². The van der Waals surface area contributed by atoms with Gasteiger partial charge in [0.2, 0.25) is 0 Å². The highest BCUT2D eigenvalue weighted by atomic mass is 16.3. The highest BCUT2D eigenvalue weighted by molar-refractivity contribution is 5.78. The smallest absolute Gasteiger partial charge is 0.133 e. The quantitative estimate of drug-likeness (QED) is 0.640. The standard InChI is InChI=1S/C10H18O2/c1-8(2)4-5-10(6-7-11)9(3)12/h4,10-11H,5-7H2,1-3H3. The van der Waals surface area contributed by atoms with Gasteiger partial charge in [0.15, 0.2) is 0 Å². The van der Waals surface area contributed by atoms with E-state index in [2.05, 4.69) is 0 Å². The molecule has 0 aliphatic carbocycles. The lowest BCUT2D eigenvalue weighted by atomic mass is 9.97. The molecule has 0 rings (SSSR count). The fourth-order valence-corrected chi connectivity index (χ4v) is 1.02. The van der Waals surface area contributed by atoms with Crippen LogP contribution in [0.2, 0.25) is 0 Å². The summed E-state index contributed by atoms with van der Waals surface area (Å²) in [7, 11) is 0. The molecule has 0 bridgehead atoms. The number of hydrogen-bond donors (Lipinski definition) is 1. The molecular weight excluding hydrogens is 152 g/mol. The molecular formula is C10H18O2. The summed E-state index contributed by atoms with van der Waals surface area (Å²) >= 11 is 0. The van der Waals surface area contributed by atoms with Gasteiger partial charge in [-0.3, -0.25) is 4.79 Å². The molecule has 2 nitrogen and oxygen atoms in total. The van der Waals surface area contributed by atoms with Crippen LogP contribution in [0.15, 0.2) is 11.6 Å². The second-order valence-electron chi connectivity index (χ2n) is 3.34. The molecule has 1 N–H and O–H groups in total. The zero-order valence-corrected chi connectivity index (χ0v) is 8.13. The molecule has 0 aromatic carbocycles. The Morgan fingerprint density at radius 1 is 1.42 bits per heavy atom. The van der Waals surface area contributed by atoms with Gasteiger partial charge in [-0.15, -0.1) is 0 Å². The average Bonchev–Trinajstić information content (AvgIpc) is 1.96. The molecule has 2 heteroatoms. The number of Topliss-reactive ketones (excluding diaryl/α,β-unsaturated/α-hetero) is 1. The maximum Gasteiger partial charge on any atom is 0.133 e. The fourth-order valence-electron chi connectivity index (χ4n) is 1.02. The zero-order valence-electron chi connectivity index (χ0n) is 8.13. The average molecular weight is 170 g/mol. The summed E-state index contributed by atoms with van der Waals surface area (Å²) in [5, 5.41) is 8.68. The summed E-state index contributed by atoms with van der Waals surface area (Å²) in [6, 6.07) is 0. The van der Waals surface area contributed by atoms with E-state index in [4.69, 9.17) is 5.11 Å². The van der Waals surface area contributed by atoms with Crippen molar-refractivity contribution in [2.45, 2.75) is 33.6 Å². The molecule has 0 fully saturated rings. The molecule has 1 atom stereocenters. The van der Waals surface area contributed by atoms with E-state index < -0.39 is 0 Å². The Labute approximate surface area is 74.3 Å². The van der Waals surface area contributed by atoms with Gasteiger partial charge in [0, 0.05) is 12.5 Å². The number of ketones is 1. The minimum absolute atomic E-state index is 0.00454. The molecule has 0 aromatic heterocycles. The van der Waals surface area contributed by atoms with Crippen LogP contribution in [-0.2, 0) is 4.79 Å². The number of hydrogen-bond acceptors (Lipinski definition) is 2. The number of carbonyl (C=O) groups excluding carboxylic acids is 1. The largest absolute Gasteiger partial charge is 0.396 e. The molecule has 0 aromatic rings. The van der Waals surface area contributed by atoms with Gasteiger partial charge in [-0.25, -0.2) is 0 Å². The maximum atomic E-state index is 11.0. The van der Waals surface area contributed by atoms with Crippen LogP contribution in [0, 0.1) is 5.92 Å². The number of allylic oxidation sites excluding steroid dienone is 2. The fraction of sp³-hybridized carbons (Fsp3) is 0.700. The van der Waals surface area contributed by atoms with Crippen molar-refractivity contribution in [3.05, 3.63) is 11.6 Å². The molecule has 12 heavy (non-hydrogen) atoms. The molecule has 0 saturated carbocycles. The Morgan fingerprint density at radius 2 is 2.00 bits per heavy atom. The first kappa shape index (κ1) is 11.4. The lowest BCUT2D eigenvalue weighted by Gasteiger charge is -2.08. The van der Waals surface area contributed by atoms with Gasteiger partial charge >= 0.3 is 0 Å². The first-order valence-electron chi connectivity index (χ1n) is 4.32. The summed E-state index contributed by atoms with van der Waals surface area (Å²) in [4.78, 5) is 11.0. The summed E-state index contributed by atoms with van der Waals surface area (Å²) in [6.07, 6.45) is 3.39. The van der Waals surface area contributed by atoms with Crippen LogP contribution >= 0.6 is 0 Å². The van der Waals surface area contributed by atoms with E-state index in [1.807, 2.05) is 19.9 Å². The van der Waals surface area contributed by atoms with Gasteiger partial charge in [0.1, 0.15) is 5.78 Å². The molecule has 0 heterocycles. The van der Waals surface area contributed by atoms with E-state index in [9.17, 15) is 4.79 Å². The minimum Gasteiger partial charge on any atom is -0.396 e. The molecule has 0 aliphatic heterocycles. The normalized spacial score (nSPS) is 12.3. The predicted octanol–water partition coefficient (Wildman–Crippen LogP) is 1.93. The summed E-state index contributed by atoms with van der Waals surface area (Å²) in [5.41, 5.74) is 1.22. The summed E-state index contributed by atoms with van der Waals surface area (Å²) in [6.45, 7) is 5.70. The molecule has 0 spiro atoms. The maximum absolute atomic E-state index is 11.0. The molecule has 0 aliphatic rings. The van der Waals surface area contributed by atoms with Crippen LogP contribution in [0.3, 0.4) is 0 Å². The van der Waals surface area contributed by atoms with Crippen LogP contribution in [0.5, 0.6) is 0 Å². The Morgan fingerprint density at radius 3 is 2.33 bits per heavy atom. The number of rotatable bonds is 5. The first-order valence-corrected chi connectivity index (χ1v) is 4.32. The third kappa shape index (κ3) is 5.08. The second-order valence-corrected chi connectivity index (χ2v) is 3.34. The highest BCUT2D eigenvalue weighted by Crippen LogP contribution is 2.11. The van der Waals surface area contributed by atoms with Gasteiger partial charge in [-0.05, 0) is 33.6 Å². The van der Waals surface area contributed by atoms with Gasteiger partial charge in [-0.2, -0.15) is 0 Å². The van der Waals surface area contributed by atoms with Crippen LogP contribution in [0.25, 0.3) is 0 Å². The van der Waals surface area contributed by atoms with Crippen LogP contribution < -0.4 is 0 Å². The van der Waals surface area contributed by atoms with Gasteiger partial charge in [0.25, 0.3) is 0 Å². The molecule has 70 valence electrons. The van der Waals surface area contributed by atoms with E-state index in [-0.39, 0.29) is 18.3 Å². The molecule has 0 amide bonds. The van der Waals surface area contributed by atoms with Crippen molar-refractivity contribution in [3.8, 4) is 0 Å². The number of carbonyl (C=O) groups is 1. The Kier molecular flexibility index (Phi) is 5.64. The van der Waals surface area contributed by atoms with E-state index in [1.54, 1.807) is 6.92 Å². The number of aliphatic hydroxyl groups excluding tert-OH is 1. The minimum atomic E-state index is 0.00454. The van der Waals surface area contributed by atoms with Crippen molar-refractivity contribution in [3.63, 3.8) is 0 Å². The predicted molar refractivity (Wildman–Crippen MR) is 49.9 cm³/mol. The van der Waals surface area contributed by atoms with Crippen molar-refractivity contribution in [2.75, 3.05) is 6.61 Å². The lowest BCUT2D eigenvalue weighted by molar-refractivity contribution is -0.121. The highest BCUT2D eigenvalue weighted by Gasteiger charge is 2.11. The van der Waals surface area contributed by atoms with Gasteiger partial charge in [-0.1, -0.05) is 11.6 Å². The monoisotopic (exact) mass is 170 g/mol. The topological polar surface area (TPSA) is 37.3 Å². The molecule has 0 radical (unpaired) electrons. The van der Waals surface area contributed by atoms with Crippen molar-refractivity contribution < 1.29 is 9.90 Å². The Hall–Kier alpha value is -0.630. The Bertz CT molecular complexity index is 167.